The SMILES string of the molecule is CC(O)(CC1CCC1)c1sccc1C(=O)O. The molecule has 1 aliphatic rings. The van der Waals surface area contributed by atoms with Crippen molar-refractivity contribution < 1.29 is 15.0 Å². The molecule has 2 rings (SSSR count). The summed E-state index contributed by atoms with van der Waals surface area (Å²) in [6.45, 7) is 1.73. The largest absolute Gasteiger partial charge is 0.478 e. The first-order chi connectivity index (χ1) is 7.50. The van der Waals surface area contributed by atoms with E-state index < -0.39 is 11.6 Å². The van der Waals surface area contributed by atoms with Gasteiger partial charge in [0.25, 0.3) is 0 Å². The molecule has 88 valence electrons. The van der Waals surface area contributed by atoms with Gasteiger partial charge in [-0.05, 0) is 30.7 Å². The molecule has 1 atom stereocenters. The van der Waals surface area contributed by atoms with Crippen LogP contribution in [-0.2, 0) is 5.60 Å². The van der Waals surface area contributed by atoms with Crippen molar-refractivity contribution in [1.29, 1.82) is 0 Å². The molecular weight excluding hydrogens is 224 g/mol. The third-order valence-electron chi connectivity index (χ3n) is 3.30. The van der Waals surface area contributed by atoms with Crippen molar-refractivity contribution in [3.63, 3.8) is 0 Å². The highest BCUT2D eigenvalue weighted by molar-refractivity contribution is 7.10. The van der Waals surface area contributed by atoms with Gasteiger partial charge in [0.2, 0.25) is 0 Å². The first-order valence-electron chi connectivity index (χ1n) is 5.54. The van der Waals surface area contributed by atoms with Crippen LogP contribution >= 0.6 is 11.3 Å². The molecule has 0 radical (unpaired) electrons. The Kier molecular flexibility index (Phi) is 3.04. The van der Waals surface area contributed by atoms with Gasteiger partial charge in [0, 0.05) is 0 Å². The van der Waals surface area contributed by atoms with Crippen molar-refractivity contribution in [1.82, 2.24) is 0 Å². The first-order valence-corrected chi connectivity index (χ1v) is 6.42. The minimum atomic E-state index is -0.993. The standard InChI is InChI=1S/C12H16O3S/c1-12(15,7-8-3-2-4-8)10-9(11(13)14)5-6-16-10/h5-6,8,15H,2-4,7H2,1H3,(H,13,14). The number of aliphatic hydroxyl groups is 1. The minimum absolute atomic E-state index is 0.245. The molecule has 1 heterocycles. The van der Waals surface area contributed by atoms with E-state index in [1.54, 1.807) is 18.4 Å². The molecule has 0 aromatic carbocycles. The first kappa shape index (κ1) is 11.6. The summed E-state index contributed by atoms with van der Waals surface area (Å²) < 4.78 is 0. The van der Waals surface area contributed by atoms with E-state index >= 15 is 0 Å². The lowest BCUT2D eigenvalue weighted by Crippen LogP contribution is -2.28. The second-order valence-electron chi connectivity index (χ2n) is 4.74. The molecule has 1 fully saturated rings. The topological polar surface area (TPSA) is 57.5 Å². The smallest absolute Gasteiger partial charge is 0.336 e. The second-order valence-corrected chi connectivity index (χ2v) is 5.66. The Labute approximate surface area is 98.7 Å². The Morgan fingerprint density at radius 3 is 2.81 bits per heavy atom. The summed E-state index contributed by atoms with van der Waals surface area (Å²) in [7, 11) is 0. The maximum atomic E-state index is 11.0. The van der Waals surface area contributed by atoms with Crippen molar-refractivity contribution in [2.75, 3.05) is 0 Å². The van der Waals surface area contributed by atoms with Crippen LogP contribution in [0.3, 0.4) is 0 Å². The maximum Gasteiger partial charge on any atom is 0.336 e. The van der Waals surface area contributed by atoms with Crippen molar-refractivity contribution in [2.45, 2.75) is 38.2 Å². The predicted molar refractivity (Wildman–Crippen MR) is 62.8 cm³/mol. The van der Waals surface area contributed by atoms with Gasteiger partial charge in [0.15, 0.2) is 0 Å². The van der Waals surface area contributed by atoms with Gasteiger partial charge in [-0.2, -0.15) is 0 Å². The molecule has 1 aromatic heterocycles. The molecule has 1 aromatic rings. The molecule has 1 unspecified atom stereocenters. The van der Waals surface area contributed by atoms with Crippen molar-refractivity contribution in [3.05, 3.63) is 21.9 Å². The fourth-order valence-corrected chi connectivity index (χ4v) is 3.21. The monoisotopic (exact) mass is 240 g/mol. The number of thiophene rings is 1. The molecule has 16 heavy (non-hydrogen) atoms. The average molecular weight is 240 g/mol. The summed E-state index contributed by atoms with van der Waals surface area (Å²) in [6.07, 6.45) is 4.22. The summed E-state index contributed by atoms with van der Waals surface area (Å²) in [5.74, 6) is -0.399. The van der Waals surface area contributed by atoms with Crippen LogP contribution in [0, 0.1) is 5.92 Å². The van der Waals surface area contributed by atoms with Crippen LogP contribution in [0.25, 0.3) is 0 Å². The Hall–Kier alpha value is -0.870. The molecule has 1 aliphatic carbocycles. The Morgan fingerprint density at radius 2 is 2.31 bits per heavy atom. The lowest BCUT2D eigenvalue weighted by Gasteiger charge is -2.33. The van der Waals surface area contributed by atoms with E-state index in [9.17, 15) is 9.90 Å². The zero-order chi connectivity index (χ0) is 11.8. The molecular formula is C12H16O3S. The van der Waals surface area contributed by atoms with Crippen LogP contribution in [0.1, 0.15) is 47.8 Å². The van der Waals surface area contributed by atoms with E-state index in [-0.39, 0.29) is 5.56 Å². The Bertz CT molecular complexity index is 391. The van der Waals surface area contributed by atoms with Crippen LogP contribution in [0.4, 0.5) is 0 Å². The lowest BCUT2D eigenvalue weighted by molar-refractivity contribution is 0.0178. The van der Waals surface area contributed by atoms with E-state index in [1.807, 2.05) is 0 Å². The van der Waals surface area contributed by atoms with E-state index in [0.717, 1.165) is 12.8 Å². The normalized spacial score (nSPS) is 20.1. The van der Waals surface area contributed by atoms with Crippen LogP contribution in [0.15, 0.2) is 11.4 Å². The summed E-state index contributed by atoms with van der Waals surface area (Å²) in [4.78, 5) is 11.6. The molecule has 3 nitrogen and oxygen atoms in total. The molecule has 1 saturated carbocycles. The number of hydrogen-bond donors (Lipinski definition) is 2. The van der Waals surface area contributed by atoms with Gasteiger partial charge in [-0.15, -0.1) is 11.3 Å². The summed E-state index contributed by atoms with van der Waals surface area (Å²) in [5.41, 5.74) is -0.748. The zero-order valence-electron chi connectivity index (χ0n) is 9.27. The number of aromatic carboxylic acids is 1. The number of carbonyl (C=O) groups is 1. The molecule has 0 bridgehead atoms. The van der Waals surface area contributed by atoms with Crippen LogP contribution in [0.5, 0.6) is 0 Å². The highest BCUT2D eigenvalue weighted by Crippen LogP contribution is 2.40. The third-order valence-corrected chi connectivity index (χ3v) is 4.46. The van der Waals surface area contributed by atoms with Gasteiger partial charge in [-0.25, -0.2) is 4.79 Å². The minimum Gasteiger partial charge on any atom is -0.478 e. The van der Waals surface area contributed by atoms with Gasteiger partial charge >= 0.3 is 5.97 Å². The van der Waals surface area contributed by atoms with Crippen molar-refractivity contribution in [2.24, 2.45) is 5.92 Å². The van der Waals surface area contributed by atoms with Crippen LogP contribution in [0.2, 0.25) is 0 Å². The number of carboxylic acid groups (broad SMARTS) is 1. The van der Waals surface area contributed by atoms with Gasteiger partial charge < -0.3 is 10.2 Å². The Balaban J connectivity index is 2.19. The molecule has 2 N–H and O–H groups in total. The number of hydrogen-bond acceptors (Lipinski definition) is 3. The highest BCUT2D eigenvalue weighted by atomic mass is 32.1. The van der Waals surface area contributed by atoms with Crippen LogP contribution in [-0.4, -0.2) is 16.2 Å². The molecule has 0 spiro atoms. The fraction of sp³-hybridized carbons (Fsp3) is 0.583. The van der Waals surface area contributed by atoms with E-state index in [4.69, 9.17) is 5.11 Å². The van der Waals surface area contributed by atoms with Gasteiger partial charge in [0.05, 0.1) is 16.0 Å². The highest BCUT2D eigenvalue weighted by Gasteiger charge is 2.34. The maximum absolute atomic E-state index is 11.0. The third kappa shape index (κ3) is 2.13. The van der Waals surface area contributed by atoms with E-state index in [1.165, 1.54) is 17.8 Å². The molecule has 0 saturated heterocycles. The summed E-state index contributed by atoms with van der Waals surface area (Å²) in [5, 5.41) is 21.1. The second kappa shape index (κ2) is 4.18. The van der Waals surface area contributed by atoms with Gasteiger partial charge in [-0.3, -0.25) is 0 Å². The van der Waals surface area contributed by atoms with Crippen molar-refractivity contribution >= 4 is 17.3 Å². The summed E-state index contributed by atoms with van der Waals surface area (Å²) >= 11 is 1.33. The van der Waals surface area contributed by atoms with Gasteiger partial charge in [-0.1, -0.05) is 19.3 Å². The predicted octanol–water partition coefficient (Wildman–Crippen LogP) is 2.84. The van der Waals surface area contributed by atoms with Crippen LogP contribution < -0.4 is 0 Å². The number of carboxylic acids is 1. The average Bonchev–Trinajstić information content (AvgIpc) is 2.60. The van der Waals surface area contributed by atoms with Gasteiger partial charge in [0.1, 0.15) is 0 Å². The Morgan fingerprint density at radius 1 is 1.62 bits per heavy atom. The van der Waals surface area contributed by atoms with E-state index in [2.05, 4.69) is 0 Å². The number of rotatable bonds is 4. The summed E-state index contributed by atoms with van der Waals surface area (Å²) in [6, 6.07) is 1.57. The molecule has 0 amide bonds. The van der Waals surface area contributed by atoms with Crippen molar-refractivity contribution in [3.8, 4) is 0 Å². The molecule has 0 aliphatic heterocycles. The molecule has 4 heteroatoms. The fourth-order valence-electron chi connectivity index (χ4n) is 2.25. The zero-order valence-corrected chi connectivity index (χ0v) is 10.1. The van der Waals surface area contributed by atoms with E-state index in [0.29, 0.717) is 17.2 Å². The quantitative estimate of drug-likeness (QED) is 0.850. The lowest BCUT2D eigenvalue weighted by atomic mass is 9.77.